The van der Waals surface area contributed by atoms with Gasteiger partial charge in [-0.15, -0.1) is 0 Å². The topological polar surface area (TPSA) is 110 Å². The molecule has 6 rings (SSSR count). The maximum absolute atomic E-state index is 11.6. The highest BCUT2D eigenvalue weighted by atomic mass is 35.5. The molecule has 4 aromatic rings. The summed E-state index contributed by atoms with van der Waals surface area (Å²) in [4.78, 5) is 42.2. The van der Waals surface area contributed by atoms with Gasteiger partial charge in [0.15, 0.2) is 0 Å². The molecule has 0 unspecified atom stereocenters. The van der Waals surface area contributed by atoms with Gasteiger partial charge in [0.2, 0.25) is 5.91 Å². The molecule has 1 aliphatic carbocycles. The summed E-state index contributed by atoms with van der Waals surface area (Å²) >= 11 is 14.1. The number of Topliss-reactive ketones (excluding diaryl/α,β-unsaturated/α-hetero) is 1. The second kappa shape index (κ2) is 14.4. The molecule has 0 bridgehead atoms. The van der Waals surface area contributed by atoms with Crippen LogP contribution in [0.15, 0.2) is 48.8 Å². The summed E-state index contributed by atoms with van der Waals surface area (Å²) in [6, 6.07) is 12.0. The number of amides is 1. The Kier molecular flexibility index (Phi) is 10.1. The van der Waals surface area contributed by atoms with Gasteiger partial charge in [-0.25, -0.2) is 9.97 Å². The van der Waals surface area contributed by atoms with E-state index in [0.717, 1.165) is 83.7 Å². The van der Waals surface area contributed by atoms with Crippen molar-refractivity contribution in [3.05, 3.63) is 81.6 Å². The first kappa shape index (κ1) is 32.2. The summed E-state index contributed by atoms with van der Waals surface area (Å²) in [6.07, 6.45) is 10.1. The minimum absolute atomic E-state index is 0.148. The fourth-order valence-corrected chi connectivity index (χ4v) is 7.09. The molecule has 2 aromatic heterocycles. The van der Waals surface area contributed by atoms with Crippen molar-refractivity contribution >= 4 is 34.9 Å². The number of nitrogens with zero attached hydrogens (tertiary/aromatic N) is 4. The number of ketones is 1. The number of aromatic nitrogens is 4. The number of rotatable bonds is 11. The van der Waals surface area contributed by atoms with Gasteiger partial charge in [0.25, 0.3) is 0 Å². The lowest BCUT2D eigenvalue weighted by atomic mass is 9.98. The average Bonchev–Trinajstić information content (AvgIpc) is 3.66. The lowest BCUT2D eigenvalue weighted by molar-refractivity contribution is -0.119. The predicted molar refractivity (Wildman–Crippen MR) is 182 cm³/mol. The van der Waals surface area contributed by atoms with Gasteiger partial charge in [-0.3, -0.25) is 19.6 Å². The highest BCUT2D eigenvalue weighted by Gasteiger charge is 2.23. The molecule has 2 atom stereocenters. The second-order valence-electron chi connectivity index (χ2n) is 12.4. The van der Waals surface area contributed by atoms with E-state index < -0.39 is 0 Å². The largest absolute Gasteiger partial charge is 0.353 e. The maximum atomic E-state index is 11.6. The molecular weight excluding hydrogens is 619 g/mol. The van der Waals surface area contributed by atoms with Crippen molar-refractivity contribution in [1.29, 1.82) is 0 Å². The minimum atomic E-state index is 0.148. The van der Waals surface area contributed by atoms with Crippen molar-refractivity contribution in [2.75, 3.05) is 6.54 Å². The molecule has 8 nitrogen and oxygen atoms in total. The zero-order valence-corrected chi connectivity index (χ0v) is 27.7. The summed E-state index contributed by atoms with van der Waals surface area (Å²) < 4.78 is 0. The Morgan fingerprint density at radius 2 is 1.43 bits per heavy atom. The Bertz CT molecular complexity index is 1650. The number of hydrogen-bond acceptors (Lipinski definition) is 7. The number of hydrogen-bond donors (Lipinski definition) is 2. The van der Waals surface area contributed by atoms with Gasteiger partial charge in [-0.05, 0) is 58.4 Å². The smallest absolute Gasteiger partial charge is 0.220 e. The lowest BCUT2D eigenvalue weighted by Gasteiger charge is -2.15. The molecule has 2 aromatic carbocycles. The van der Waals surface area contributed by atoms with Crippen LogP contribution in [0.3, 0.4) is 0 Å². The summed E-state index contributed by atoms with van der Waals surface area (Å²) in [5, 5.41) is 7.57. The van der Waals surface area contributed by atoms with E-state index in [-0.39, 0.29) is 11.9 Å². The molecule has 0 spiro atoms. The molecule has 10 heteroatoms. The molecule has 1 aliphatic heterocycles. The van der Waals surface area contributed by atoms with Crippen LogP contribution in [-0.4, -0.2) is 44.2 Å². The van der Waals surface area contributed by atoms with Crippen LogP contribution in [0.4, 0.5) is 0 Å². The van der Waals surface area contributed by atoms with Crippen molar-refractivity contribution in [3.8, 4) is 33.6 Å². The summed E-state index contributed by atoms with van der Waals surface area (Å²) in [5.74, 6) is 0.915. The van der Waals surface area contributed by atoms with Gasteiger partial charge < -0.3 is 10.6 Å². The molecule has 1 saturated carbocycles. The maximum Gasteiger partial charge on any atom is 0.220 e. The van der Waals surface area contributed by atoms with Crippen LogP contribution in [0.5, 0.6) is 0 Å². The van der Waals surface area contributed by atoms with E-state index in [1.165, 1.54) is 0 Å². The molecule has 0 radical (unpaired) electrons. The number of aryl methyl sites for hydroxylation is 3. The van der Waals surface area contributed by atoms with Crippen molar-refractivity contribution < 1.29 is 9.59 Å². The van der Waals surface area contributed by atoms with E-state index in [0.29, 0.717) is 58.9 Å². The van der Waals surface area contributed by atoms with E-state index in [2.05, 4.69) is 10.6 Å². The normalized spacial score (nSPS) is 17.9. The summed E-state index contributed by atoms with van der Waals surface area (Å²) in [7, 11) is 0. The van der Waals surface area contributed by atoms with Crippen LogP contribution in [0.1, 0.15) is 67.7 Å². The number of nitrogens with one attached hydrogen (secondary N) is 2. The van der Waals surface area contributed by atoms with E-state index >= 15 is 0 Å². The number of carbonyl (C=O) groups is 2. The van der Waals surface area contributed by atoms with Crippen molar-refractivity contribution in [2.24, 2.45) is 5.92 Å². The van der Waals surface area contributed by atoms with Crippen LogP contribution in [0.25, 0.3) is 33.6 Å². The second-order valence-corrected chi connectivity index (χ2v) is 13.1. The molecular formula is C36H38Cl2N6O2. The first-order valence-electron chi connectivity index (χ1n) is 16.0. The van der Waals surface area contributed by atoms with Crippen LogP contribution < -0.4 is 10.6 Å². The SMILES string of the molecule is Cc1nc(-c2cccc(-c3cccc(-c4cnc(CNC[C@@H]5CCC(=O)C5)c(C)n4)c3Cl)c2Cl)cnc1CCC[C@@H]1CCC(=O)N1. The van der Waals surface area contributed by atoms with Crippen molar-refractivity contribution in [2.45, 2.75) is 77.8 Å². The standard InChI is InChI=1S/C36H38Cl2N6O2/c1-21-30(11-3-6-24-13-15-34(46)44-24)40-19-32(42-21)28-9-4-7-26(35(28)37)27-8-5-10-29(36(27)38)33-20-41-31(22(2)43-33)18-39-17-23-12-14-25(45)16-23/h4-5,7-10,19-20,23-24,39H,3,6,11-18H2,1-2H3,(H,44,46)/t23-,24-/m1/s1. The van der Waals surface area contributed by atoms with Crippen LogP contribution in [0.2, 0.25) is 10.0 Å². The molecule has 1 amide bonds. The van der Waals surface area contributed by atoms with E-state index in [9.17, 15) is 9.59 Å². The summed E-state index contributed by atoms with van der Waals surface area (Å²) in [6.45, 7) is 5.33. The zero-order chi connectivity index (χ0) is 32.2. The number of carbonyl (C=O) groups excluding carboxylic acids is 2. The Morgan fingerprint density at radius 3 is 1.98 bits per heavy atom. The fourth-order valence-electron chi connectivity index (χ4n) is 6.44. The minimum Gasteiger partial charge on any atom is -0.353 e. The van der Waals surface area contributed by atoms with Crippen LogP contribution in [-0.2, 0) is 22.6 Å². The molecule has 2 N–H and O–H groups in total. The molecule has 2 fully saturated rings. The average molecular weight is 658 g/mol. The molecule has 3 heterocycles. The van der Waals surface area contributed by atoms with Gasteiger partial charge >= 0.3 is 0 Å². The third-order valence-corrected chi connectivity index (χ3v) is 9.88. The Morgan fingerprint density at radius 1 is 0.826 bits per heavy atom. The van der Waals surface area contributed by atoms with Gasteiger partial charge in [0, 0.05) is 54.1 Å². The Balaban J connectivity index is 1.17. The van der Waals surface area contributed by atoms with E-state index in [4.69, 9.17) is 43.1 Å². The monoisotopic (exact) mass is 656 g/mol. The highest BCUT2D eigenvalue weighted by Crippen LogP contribution is 2.41. The fraction of sp³-hybridized carbons (Fsp3) is 0.389. The van der Waals surface area contributed by atoms with E-state index in [1.807, 2.05) is 50.2 Å². The number of benzene rings is 2. The first-order chi connectivity index (χ1) is 22.3. The van der Waals surface area contributed by atoms with Gasteiger partial charge in [0.05, 0.1) is 56.6 Å². The van der Waals surface area contributed by atoms with E-state index in [1.54, 1.807) is 12.4 Å². The van der Waals surface area contributed by atoms with Gasteiger partial charge in [-0.2, -0.15) is 0 Å². The quantitative estimate of drug-likeness (QED) is 0.175. The molecule has 1 saturated heterocycles. The molecule has 238 valence electrons. The molecule has 2 aliphatic rings. The Labute approximate surface area is 279 Å². The zero-order valence-electron chi connectivity index (χ0n) is 26.2. The van der Waals surface area contributed by atoms with Crippen molar-refractivity contribution in [3.63, 3.8) is 0 Å². The van der Waals surface area contributed by atoms with Gasteiger partial charge in [-0.1, -0.05) is 59.6 Å². The predicted octanol–water partition coefficient (Wildman–Crippen LogP) is 7.25. The first-order valence-corrected chi connectivity index (χ1v) is 16.8. The van der Waals surface area contributed by atoms with Crippen LogP contribution in [0, 0.1) is 19.8 Å². The highest BCUT2D eigenvalue weighted by molar-refractivity contribution is 6.39. The third-order valence-electron chi connectivity index (χ3n) is 9.06. The van der Waals surface area contributed by atoms with Crippen LogP contribution >= 0.6 is 23.2 Å². The van der Waals surface area contributed by atoms with Crippen molar-refractivity contribution in [1.82, 2.24) is 30.6 Å². The Hall–Kier alpha value is -3.72. The lowest BCUT2D eigenvalue weighted by Crippen LogP contribution is -2.25. The number of halogens is 2. The summed E-state index contributed by atoms with van der Waals surface area (Å²) in [5.41, 5.74) is 8.07. The third kappa shape index (κ3) is 7.30. The van der Waals surface area contributed by atoms with Gasteiger partial charge in [0.1, 0.15) is 5.78 Å². The molecule has 46 heavy (non-hydrogen) atoms.